The van der Waals surface area contributed by atoms with Crippen molar-refractivity contribution >= 4 is 102 Å². The maximum Gasteiger partial charge on any atom is 0.160 e. The molecule has 0 aliphatic rings. The van der Waals surface area contributed by atoms with E-state index in [1.165, 1.54) is 86.5 Å². The van der Waals surface area contributed by atoms with Gasteiger partial charge in [-0.15, -0.1) is 11.3 Å². The summed E-state index contributed by atoms with van der Waals surface area (Å²) in [6, 6.07) is 70.4. The van der Waals surface area contributed by atoms with Crippen molar-refractivity contribution in [3.05, 3.63) is 194 Å². The van der Waals surface area contributed by atoms with Crippen molar-refractivity contribution in [2.24, 2.45) is 0 Å². The molecule has 0 spiro atoms. The van der Waals surface area contributed by atoms with E-state index in [0.29, 0.717) is 0 Å². The van der Waals surface area contributed by atoms with Crippen molar-refractivity contribution in [1.82, 2.24) is 18.9 Å². The minimum atomic E-state index is 0.721. The van der Waals surface area contributed by atoms with Gasteiger partial charge in [0, 0.05) is 59.2 Å². The zero-order chi connectivity index (χ0) is 39.8. The molecule has 0 radical (unpaired) electrons. The molecule has 61 heavy (non-hydrogen) atoms. The Bertz CT molecular complexity index is 4080. The average molecular weight is 793 g/mol. The van der Waals surface area contributed by atoms with E-state index in [1.807, 2.05) is 0 Å². The van der Waals surface area contributed by atoms with Crippen molar-refractivity contribution in [3.8, 4) is 39.5 Å². The monoisotopic (exact) mass is 792 g/mol. The second-order valence-corrected chi connectivity index (χ2v) is 17.1. The van der Waals surface area contributed by atoms with Crippen molar-refractivity contribution in [2.45, 2.75) is 0 Å². The largest absolute Gasteiger partial charge is 0.309 e. The quantitative estimate of drug-likeness (QED) is 0.178. The van der Waals surface area contributed by atoms with Gasteiger partial charge in [-0.1, -0.05) is 140 Å². The molecular formula is C56H32N4S. The van der Waals surface area contributed by atoms with Crippen molar-refractivity contribution in [3.63, 3.8) is 0 Å². The molecule has 0 atom stereocenters. The normalized spacial score (nSPS) is 12.3. The van der Waals surface area contributed by atoms with Crippen LogP contribution in [0.25, 0.3) is 130 Å². The molecular weight excluding hydrogens is 761 g/mol. The van der Waals surface area contributed by atoms with Crippen LogP contribution in [0.1, 0.15) is 0 Å². The van der Waals surface area contributed by atoms with Gasteiger partial charge in [0.15, 0.2) is 5.82 Å². The van der Waals surface area contributed by atoms with Gasteiger partial charge in [0.25, 0.3) is 0 Å². The molecule has 0 saturated heterocycles. The van der Waals surface area contributed by atoms with Crippen molar-refractivity contribution < 1.29 is 0 Å². The molecule has 14 aromatic rings. The summed E-state index contributed by atoms with van der Waals surface area (Å²) >= 11 is 1.77. The Hall–Kier alpha value is -7.86. The topological polar surface area (TPSA) is 35.1 Å². The third kappa shape index (κ3) is 4.58. The van der Waals surface area contributed by atoms with Crippen LogP contribution in [0.15, 0.2) is 194 Å². The van der Waals surface area contributed by atoms with Gasteiger partial charge in [-0.2, -0.15) is 0 Å². The Morgan fingerprint density at radius 3 is 1.85 bits per heavy atom. The fourth-order valence-corrected chi connectivity index (χ4v) is 11.3. The molecule has 0 fully saturated rings. The van der Waals surface area contributed by atoms with Crippen LogP contribution < -0.4 is 0 Å². The minimum Gasteiger partial charge on any atom is -0.309 e. The maximum absolute atomic E-state index is 5.35. The molecule has 5 aromatic heterocycles. The third-order valence-corrected chi connectivity index (χ3v) is 14.0. The van der Waals surface area contributed by atoms with E-state index in [9.17, 15) is 0 Å². The highest BCUT2D eigenvalue weighted by Gasteiger charge is 2.25. The Morgan fingerprint density at radius 1 is 0.393 bits per heavy atom. The van der Waals surface area contributed by atoms with E-state index in [4.69, 9.17) is 9.97 Å². The summed E-state index contributed by atoms with van der Waals surface area (Å²) in [5, 5.41) is 11.4. The third-order valence-electron chi connectivity index (χ3n) is 12.9. The highest BCUT2D eigenvalue weighted by molar-refractivity contribution is 7.26. The molecule has 0 aliphatic heterocycles. The number of hydrogen-bond acceptors (Lipinski definition) is 3. The smallest absolute Gasteiger partial charge is 0.160 e. The van der Waals surface area contributed by atoms with Crippen LogP contribution >= 0.6 is 11.3 Å². The molecule has 0 amide bonds. The zero-order valence-corrected chi connectivity index (χ0v) is 33.5. The van der Waals surface area contributed by atoms with Gasteiger partial charge in [-0.3, -0.25) is 0 Å². The first kappa shape index (κ1) is 33.0. The van der Waals surface area contributed by atoms with Crippen LogP contribution in [0.2, 0.25) is 0 Å². The number of rotatable bonds is 4. The molecule has 0 N–H and O–H groups in total. The second kappa shape index (κ2) is 12.3. The highest BCUT2D eigenvalue weighted by Crippen LogP contribution is 2.48. The van der Waals surface area contributed by atoms with E-state index in [-0.39, 0.29) is 0 Å². The molecule has 5 heteroatoms. The number of thiophene rings is 1. The first-order chi connectivity index (χ1) is 30.3. The van der Waals surface area contributed by atoms with E-state index in [2.05, 4.69) is 203 Å². The lowest BCUT2D eigenvalue weighted by Gasteiger charge is -2.11. The summed E-state index contributed by atoms with van der Waals surface area (Å²) in [5.74, 6) is 0.721. The van der Waals surface area contributed by atoms with E-state index >= 15 is 0 Å². The Balaban J connectivity index is 0.990. The molecule has 0 unspecified atom stereocenters. The zero-order valence-electron chi connectivity index (χ0n) is 32.7. The summed E-state index contributed by atoms with van der Waals surface area (Å²) in [7, 11) is 0. The SMILES string of the molecule is c1ccc(-c2ccc(-c3nc(-c4ccc(-n5c6ccccc6c6c7c8ccccc8n8c9ccc%10ccccc%10c9c(cc65)c78)cc4)nc4c3sc3ccccc34)cc2)cc1. The molecule has 0 aliphatic carbocycles. The van der Waals surface area contributed by atoms with Crippen LogP contribution in [-0.4, -0.2) is 18.9 Å². The standard InChI is InChI=1S/C56H32N4S/c1-2-12-33(13-3-1)34-22-24-36(25-23-34)52-55-53(42-18-8-11-21-48(42)61-55)58-56(57-52)37-26-29-38(30-27-37)59-44-19-9-6-16-40(44)50-47(59)32-43-49-39-15-5-4-14-35(39)28-31-46(49)60-45-20-10-7-17-41(45)51(50)54(43)60/h1-32H. The summed E-state index contributed by atoms with van der Waals surface area (Å²) in [4.78, 5) is 10.7. The first-order valence-corrected chi connectivity index (χ1v) is 21.6. The molecule has 0 bridgehead atoms. The van der Waals surface area contributed by atoms with Gasteiger partial charge < -0.3 is 8.97 Å². The van der Waals surface area contributed by atoms with Gasteiger partial charge in [-0.05, 0) is 76.5 Å². The van der Waals surface area contributed by atoms with E-state index < -0.39 is 0 Å². The Kier molecular flexibility index (Phi) is 6.68. The lowest BCUT2D eigenvalue weighted by atomic mass is 9.99. The maximum atomic E-state index is 5.35. The molecule has 0 saturated carbocycles. The fraction of sp³-hybridized carbons (Fsp3) is 0. The van der Waals surface area contributed by atoms with Crippen LogP contribution in [0, 0.1) is 0 Å². The fourth-order valence-electron chi connectivity index (χ4n) is 10.2. The van der Waals surface area contributed by atoms with Gasteiger partial charge in [-0.25, -0.2) is 9.97 Å². The number of para-hydroxylation sites is 2. The van der Waals surface area contributed by atoms with Crippen LogP contribution in [-0.2, 0) is 0 Å². The summed E-state index contributed by atoms with van der Waals surface area (Å²) < 4.78 is 7.27. The highest BCUT2D eigenvalue weighted by atomic mass is 32.1. The average Bonchev–Trinajstić information content (AvgIpc) is 4.07. The van der Waals surface area contributed by atoms with Crippen LogP contribution in [0.3, 0.4) is 0 Å². The lowest BCUT2D eigenvalue weighted by Crippen LogP contribution is -1.96. The Morgan fingerprint density at radius 2 is 1.03 bits per heavy atom. The minimum absolute atomic E-state index is 0.721. The summed E-state index contributed by atoms with van der Waals surface area (Å²) in [6.45, 7) is 0. The molecule has 9 aromatic carbocycles. The van der Waals surface area contributed by atoms with Gasteiger partial charge in [0.1, 0.15) is 0 Å². The summed E-state index contributed by atoms with van der Waals surface area (Å²) in [6.07, 6.45) is 0. The predicted octanol–water partition coefficient (Wildman–Crippen LogP) is 15.2. The molecule has 5 heterocycles. The lowest BCUT2D eigenvalue weighted by molar-refractivity contribution is 1.18. The first-order valence-electron chi connectivity index (χ1n) is 20.7. The van der Waals surface area contributed by atoms with Gasteiger partial charge >= 0.3 is 0 Å². The Labute approximate surface area is 353 Å². The van der Waals surface area contributed by atoms with Crippen molar-refractivity contribution in [2.75, 3.05) is 0 Å². The molecule has 282 valence electrons. The molecule has 4 nitrogen and oxygen atoms in total. The predicted molar refractivity (Wildman–Crippen MR) is 258 cm³/mol. The number of hydrogen-bond donors (Lipinski definition) is 0. The van der Waals surface area contributed by atoms with E-state index in [1.54, 1.807) is 11.3 Å². The number of fused-ring (bicyclic) bond motifs is 15. The number of nitrogens with zero attached hydrogens (tertiary/aromatic N) is 4. The molecule has 14 rings (SSSR count). The van der Waals surface area contributed by atoms with Gasteiger partial charge in [0.05, 0.1) is 43.5 Å². The summed E-state index contributed by atoms with van der Waals surface area (Å²) in [5.41, 5.74) is 13.7. The van der Waals surface area contributed by atoms with Gasteiger partial charge in [0.2, 0.25) is 0 Å². The van der Waals surface area contributed by atoms with Crippen LogP contribution in [0.5, 0.6) is 0 Å². The van der Waals surface area contributed by atoms with E-state index in [0.717, 1.165) is 43.9 Å². The number of benzene rings is 9. The van der Waals surface area contributed by atoms with Crippen molar-refractivity contribution in [1.29, 1.82) is 0 Å². The second-order valence-electron chi connectivity index (χ2n) is 16.1. The number of aromatic nitrogens is 4. The van der Waals surface area contributed by atoms with Crippen LogP contribution in [0.4, 0.5) is 0 Å².